The monoisotopic (exact) mass is 333 g/mol. The fourth-order valence-electron chi connectivity index (χ4n) is 2.87. The number of urea groups is 1. The summed E-state index contributed by atoms with van der Waals surface area (Å²) < 4.78 is 10.6. The van der Waals surface area contributed by atoms with Crippen LogP contribution >= 0.6 is 0 Å². The van der Waals surface area contributed by atoms with Gasteiger partial charge in [-0.3, -0.25) is 4.79 Å². The zero-order chi connectivity index (χ0) is 17.1. The molecule has 0 aromatic heterocycles. The van der Waals surface area contributed by atoms with E-state index in [1.54, 1.807) is 28.0 Å². The standard InChI is InChI=1S/C17H23N3O4/c1-12(2)18-17(22)20-7-3-6-19(8-9-20)16(21)13-4-5-14-15(10-13)24-11-23-14/h4-5,10,12H,3,6-9,11H2,1-2H3,(H,18,22). The maximum Gasteiger partial charge on any atom is 0.317 e. The second-order valence-corrected chi connectivity index (χ2v) is 6.31. The summed E-state index contributed by atoms with van der Waals surface area (Å²) in [6.07, 6.45) is 0.766. The number of fused-ring (bicyclic) bond motifs is 1. The van der Waals surface area contributed by atoms with Crippen LogP contribution in [0.5, 0.6) is 11.5 Å². The Balaban J connectivity index is 1.63. The van der Waals surface area contributed by atoms with Gasteiger partial charge in [-0.05, 0) is 38.5 Å². The molecule has 0 bridgehead atoms. The maximum atomic E-state index is 12.7. The molecule has 0 saturated carbocycles. The van der Waals surface area contributed by atoms with E-state index >= 15 is 0 Å². The molecule has 2 heterocycles. The lowest BCUT2D eigenvalue weighted by molar-refractivity contribution is 0.0761. The van der Waals surface area contributed by atoms with Crippen LogP contribution in [0.25, 0.3) is 0 Å². The Morgan fingerprint density at radius 3 is 2.54 bits per heavy atom. The lowest BCUT2D eigenvalue weighted by atomic mass is 10.1. The van der Waals surface area contributed by atoms with Crippen molar-refractivity contribution in [2.24, 2.45) is 0 Å². The number of rotatable bonds is 2. The lowest BCUT2D eigenvalue weighted by Gasteiger charge is -2.23. The van der Waals surface area contributed by atoms with Gasteiger partial charge in [-0.1, -0.05) is 0 Å². The minimum Gasteiger partial charge on any atom is -0.454 e. The Morgan fingerprint density at radius 1 is 1.04 bits per heavy atom. The lowest BCUT2D eigenvalue weighted by Crippen LogP contribution is -2.44. The first-order valence-electron chi connectivity index (χ1n) is 8.29. The summed E-state index contributed by atoms with van der Waals surface area (Å²) in [6.45, 7) is 6.42. The van der Waals surface area contributed by atoms with Crippen molar-refractivity contribution >= 4 is 11.9 Å². The Labute approximate surface area is 141 Å². The number of carbonyl (C=O) groups is 2. The third-order valence-corrected chi connectivity index (χ3v) is 4.10. The average Bonchev–Trinajstić information content (AvgIpc) is 2.87. The molecular formula is C17H23N3O4. The van der Waals surface area contributed by atoms with Crippen LogP contribution in [0.4, 0.5) is 4.79 Å². The second kappa shape index (κ2) is 6.98. The number of amides is 3. The molecule has 0 spiro atoms. The number of nitrogens with zero attached hydrogens (tertiary/aromatic N) is 2. The first-order chi connectivity index (χ1) is 11.5. The number of hydrogen-bond acceptors (Lipinski definition) is 4. The molecule has 2 aliphatic heterocycles. The zero-order valence-corrected chi connectivity index (χ0v) is 14.1. The predicted molar refractivity (Wildman–Crippen MR) is 88.3 cm³/mol. The Kier molecular flexibility index (Phi) is 4.78. The van der Waals surface area contributed by atoms with Crippen molar-refractivity contribution in [1.29, 1.82) is 0 Å². The SMILES string of the molecule is CC(C)NC(=O)N1CCCN(C(=O)c2ccc3c(c2)OCO3)CC1. The predicted octanol–water partition coefficient (Wildman–Crippen LogP) is 1.68. The van der Waals surface area contributed by atoms with E-state index in [0.29, 0.717) is 43.2 Å². The molecule has 0 atom stereocenters. The first kappa shape index (κ1) is 16.4. The van der Waals surface area contributed by atoms with Crippen molar-refractivity contribution in [2.45, 2.75) is 26.3 Å². The van der Waals surface area contributed by atoms with Crippen LogP contribution < -0.4 is 14.8 Å². The van der Waals surface area contributed by atoms with E-state index in [0.717, 1.165) is 6.42 Å². The van der Waals surface area contributed by atoms with Crippen LogP contribution in [0.15, 0.2) is 18.2 Å². The summed E-state index contributed by atoms with van der Waals surface area (Å²) >= 11 is 0. The van der Waals surface area contributed by atoms with E-state index in [1.165, 1.54) is 0 Å². The summed E-state index contributed by atoms with van der Waals surface area (Å²) in [6, 6.07) is 5.27. The van der Waals surface area contributed by atoms with Gasteiger partial charge in [0.1, 0.15) is 0 Å². The molecule has 1 N–H and O–H groups in total. The van der Waals surface area contributed by atoms with Crippen molar-refractivity contribution in [3.8, 4) is 11.5 Å². The molecule has 3 amide bonds. The van der Waals surface area contributed by atoms with Gasteiger partial charge < -0.3 is 24.6 Å². The van der Waals surface area contributed by atoms with Crippen LogP contribution in [0.2, 0.25) is 0 Å². The van der Waals surface area contributed by atoms with Crippen LogP contribution in [-0.4, -0.2) is 60.8 Å². The summed E-state index contributed by atoms with van der Waals surface area (Å²) in [4.78, 5) is 28.4. The molecule has 1 saturated heterocycles. The van der Waals surface area contributed by atoms with E-state index in [1.807, 2.05) is 13.8 Å². The Morgan fingerprint density at radius 2 is 1.75 bits per heavy atom. The molecule has 1 aromatic carbocycles. The van der Waals surface area contributed by atoms with E-state index in [2.05, 4.69) is 5.32 Å². The van der Waals surface area contributed by atoms with E-state index in [9.17, 15) is 9.59 Å². The number of benzene rings is 1. The highest BCUT2D eigenvalue weighted by Crippen LogP contribution is 2.32. The molecule has 3 rings (SSSR count). The fourth-order valence-corrected chi connectivity index (χ4v) is 2.87. The molecule has 7 nitrogen and oxygen atoms in total. The highest BCUT2D eigenvalue weighted by atomic mass is 16.7. The first-order valence-corrected chi connectivity index (χ1v) is 8.29. The van der Waals surface area contributed by atoms with Crippen LogP contribution in [0, 0.1) is 0 Å². The van der Waals surface area contributed by atoms with Crippen molar-refractivity contribution in [3.63, 3.8) is 0 Å². The van der Waals surface area contributed by atoms with Gasteiger partial charge in [-0.25, -0.2) is 4.79 Å². The largest absolute Gasteiger partial charge is 0.454 e. The summed E-state index contributed by atoms with van der Waals surface area (Å²) in [5, 5.41) is 2.90. The van der Waals surface area contributed by atoms with Crippen LogP contribution in [-0.2, 0) is 0 Å². The maximum absolute atomic E-state index is 12.7. The topological polar surface area (TPSA) is 71.1 Å². The smallest absolute Gasteiger partial charge is 0.317 e. The fraction of sp³-hybridized carbons (Fsp3) is 0.529. The third-order valence-electron chi connectivity index (χ3n) is 4.10. The molecule has 0 radical (unpaired) electrons. The van der Waals surface area contributed by atoms with Gasteiger partial charge in [0.15, 0.2) is 11.5 Å². The molecule has 1 fully saturated rings. The van der Waals surface area contributed by atoms with Gasteiger partial charge in [0.05, 0.1) is 0 Å². The molecule has 1 aromatic rings. The molecule has 7 heteroatoms. The third kappa shape index (κ3) is 3.55. The van der Waals surface area contributed by atoms with Gasteiger partial charge in [-0.2, -0.15) is 0 Å². The van der Waals surface area contributed by atoms with Gasteiger partial charge in [0.2, 0.25) is 6.79 Å². The normalized spacial score (nSPS) is 17.0. The molecule has 24 heavy (non-hydrogen) atoms. The number of ether oxygens (including phenoxy) is 2. The number of carbonyl (C=O) groups excluding carboxylic acids is 2. The van der Waals surface area contributed by atoms with Gasteiger partial charge in [-0.15, -0.1) is 0 Å². The molecule has 130 valence electrons. The summed E-state index contributed by atoms with van der Waals surface area (Å²) in [5.74, 6) is 1.23. The molecule has 2 aliphatic rings. The van der Waals surface area contributed by atoms with Crippen LogP contribution in [0.1, 0.15) is 30.6 Å². The quantitative estimate of drug-likeness (QED) is 0.894. The molecule has 0 aliphatic carbocycles. The minimum absolute atomic E-state index is 0.0422. The Hall–Kier alpha value is -2.44. The summed E-state index contributed by atoms with van der Waals surface area (Å²) in [7, 11) is 0. The number of hydrogen-bond donors (Lipinski definition) is 1. The van der Waals surface area contributed by atoms with Crippen molar-refractivity contribution in [3.05, 3.63) is 23.8 Å². The van der Waals surface area contributed by atoms with E-state index in [-0.39, 0.29) is 24.8 Å². The van der Waals surface area contributed by atoms with Crippen molar-refractivity contribution in [2.75, 3.05) is 33.0 Å². The van der Waals surface area contributed by atoms with E-state index in [4.69, 9.17) is 9.47 Å². The van der Waals surface area contributed by atoms with E-state index < -0.39 is 0 Å². The average molecular weight is 333 g/mol. The molecular weight excluding hydrogens is 310 g/mol. The highest BCUT2D eigenvalue weighted by molar-refractivity contribution is 5.95. The van der Waals surface area contributed by atoms with Gasteiger partial charge in [0.25, 0.3) is 5.91 Å². The van der Waals surface area contributed by atoms with Gasteiger partial charge in [0, 0.05) is 37.8 Å². The Bertz CT molecular complexity index is 632. The molecule has 0 unspecified atom stereocenters. The second-order valence-electron chi connectivity index (χ2n) is 6.31. The minimum atomic E-state index is -0.0672. The van der Waals surface area contributed by atoms with Crippen LogP contribution in [0.3, 0.4) is 0 Å². The van der Waals surface area contributed by atoms with Gasteiger partial charge >= 0.3 is 6.03 Å². The zero-order valence-electron chi connectivity index (χ0n) is 14.1. The van der Waals surface area contributed by atoms with Crippen molar-refractivity contribution in [1.82, 2.24) is 15.1 Å². The number of nitrogens with one attached hydrogen (secondary N) is 1. The highest BCUT2D eigenvalue weighted by Gasteiger charge is 2.24. The van der Waals surface area contributed by atoms with Crippen molar-refractivity contribution < 1.29 is 19.1 Å². The summed E-state index contributed by atoms with van der Waals surface area (Å²) in [5.41, 5.74) is 0.583.